The van der Waals surface area contributed by atoms with Crippen molar-refractivity contribution < 1.29 is 0 Å². The zero-order chi connectivity index (χ0) is 9.97. The van der Waals surface area contributed by atoms with E-state index in [9.17, 15) is 0 Å². The van der Waals surface area contributed by atoms with Gasteiger partial charge in [-0.1, -0.05) is 29.8 Å². The van der Waals surface area contributed by atoms with Gasteiger partial charge < -0.3 is 10.7 Å². The Bertz CT molecular complexity index is 436. The van der Waals surface area contributed by atoms with Crippen LogP contribution in [-0.2, 0) is 6.54 Å². The number of H-pyrrole nitrogens is 1. The zero-order valence-corrected chi connectivity index (χ0v) is 8.25. The fraction of sp³-hybridized carbons (Fsp3) is 0.100. The smallest absolute Gasteiger partial charge is 0.120 e. The van der Waals surface area contributed by atoms with E-state index in [2.05, 4.69) is 9.97 Å². The molecule has 4 heteroatoms. The lowest BCUT2D eigenvalue weighted by Gasteiger charge is -1.99. The van der Waals surface area contributed by atoms with Crippen molar-refractivity contribution in [2.75, 3.05) is 0 Å². The molecule has 3 N–H and O–H groups in total. The van der Waals surface area contributed by atoms with Crippen LogP contribution in [0, 0.1) is 0 Å². The molecule has 0 aliphatic heterocycles. The number of imidazole rings is 1. The highest BCUT2D eigenvalue weighted by atomic mass is 35.5. The van der Waals surface area contributed by atoms with Gasteiger partial charge in [0.25, 0.3) is 0 Å². The maximum atomic E-state index is 6.03. The quantitative estimate of drug-likeness (QED) is 0.793. The van der Waals surface area contributed by atoms with Crippen molar-refractivity contribution in [3.05, 3.63) is 41.3 Å². The number of hydrogen-bond donors (Lipinski definition) is 2. The lowest BCUT2D eigenvalue weighted by atomic mass is 10.2. The molecule has 0 saturated heterocycles. The van der Waals surface area contributed by atoms with E-state index in [1.807, 2.05) is 24.3 Å². The molecule has 14 heavy (non-hydrogen) atoms. The maximum Gasteiger partial charge on any atom is 0.120 e. The molecule has 0 amide bonds. The molecule has 0 atom stereocenters. The van der Waals surface area contributed by atoms with E-state index >= 15 is 0 Å². The van der Waals surface area contributed by atoms with E-state index in [1.54, 1.807) is 6.20 Å². The first-order chi connectivity index (χ1) is 6.81. The van der Waals surface area contributed by atoms with Crippen LogP contribution < -0.4 is 5.73 Å². The minimum atomic E-state index is 0.407. The monoisotopic (exact) mass is 207 g/mol. The summed E-state index contributed by atoms with van der Waals surface area (Å²) in [5, 5.41) is 0.708. The molecule has 0 spiro atoms. The Morgan fingerprint density at radius 2 is 2.14 bits per heavy atom. The lowest BCUT2D eigenvalue weighted by molar-refractivity contribution is 0.950. The van der Waals surface area contributed by atoms with Crippen molar-refractivity contribution in [3.8, 4) is 11.3 Å². The molecular formula is C10H10ClN3. The van der Waals surface area contributed by atoms with Crippen LogP contribution in [0.3, 0.4) is 0 Å². The van der Waals surface area contributed by atoms with Gasteiger partial charge in [0.05, 0.1) is 18.4 Å². The third-order valence-corrected chi connectivity index (χ3v) is 2.32. The van der Waals surface area contributed by atoms with Gasteiger partial charge in [-0.2, -0.15) is 0 Å². The van der Waals surface area contributed by atoms with Crippen molar-refractivity contribution in [3.63, 3.8) is 0 Å². The number of nitrogens with one attached hydrogen (secondary N) is 1. The van der Waals surface area contributed by atoms with Crippen LogP contribution in [0.5, 0.6) is 0 Å². The van der Waals surface area contributed by atoms with Crippen LogP contribution >= 0.6 is 11.6 Å². The Morgan fingerprint density at radius 3 is 2.79 bits per heavy atom. The summed E-state index contributed by atoms with van der Waals surface area (Å²) in [7, 11) is 0. The van der Waals surface area contributed by atoms with Crippen LogP contribution in [0.15, 0.2) is 30.5 Å². The normalized spacial score (nSPS) is 10.4. The van der Waals surface area contributed by atoms with Crippen LogP contribution in [-0.4, -0.2) is 9.97 Å². The summed E-state index contributed by atoms with van der Waals surface area (Å²) in [6.45, 7) is 0.407. The predicted molar refractivity (Wildman–Crippen MR) is 56.9 cm³/mol. The molecule has 2 aromatic rings. The van der Waals surface area contributed by atoms with Gasteiger partial charge >= 0.3 is 0 Å². The highest BCUT2D eigenvalue weighted by Gasteiger charge is 2.04. The minimum absolute atomic E-state index is 0.407. The first-order valence-corrected chi connectivity index (χ1v) is 4.68. The molecule has 0 bridgehead atoms. The molecule has 0 fully saturated rings. The minimum Gasteiger partial charge on any atom is -0.341 e. The van der Waals surface area contributed by atoms with Gasteiger partial charge in [0, 0.05) is 10.6 Å². The Morgan fingerprint density at radius 1 is 1.36 bits per heavy atom. The number of nitrogens with zero attached hydrogens (tertiary/aromatic N) is 1. The highest BCUT2D eigenvalue weighted by Crippen LogP contribution is 2.25. The molecule has 1 aromatic heterocycles. The summed E-state index contributed by atoms with van der Waals surface area (Å²) in [6, 6.07) is 7.62. The average Bonchev–Trinajstić information content (AvgIpc) is 2.67. The summed E-state index contributed by atoms with van der Waals surface area (Å²) in [5.74, 6) is 0.764. The summed E-state index contributed by atoms with van der Waals surface area (Å²) in [5.41, 5.74) is 7.30. The van der Waals surface area contributed by atoms with Crippen LogP contribution in [0.1, 0.15) is 5.82 Å². The van der Waals surface area contributed by atoms with E-state index < -0.39 is 0 Å². The first-order valence-electron chi connectivity index (χ1n) is 4.30. The number of aromatic nitrogens is 2. The largest absolute Gasteiger partial charge is 0.341 e. The standard InChI is InChI=1S/C10H10ClN3/c11-8-4-2-1-3-7(8)9-6-13-10(5-12)14-9/h1-4,6H,5,12H2,(H,13,14). The van der Waals surface area contributed by atoms with Gasteiger partial charge in [-0.15, -0.1) is 0 Å². The SMILES string of the molecule is NCc1ncc(-c2ccccc2Cl)[nH]1. The van der Waals surface area contributed by atoms with Gasteiger partial charge in [0.2, 0.25) is 0 Å². The van der Waals surface area contributed by atoms with Crippen molar-refractivity contribution in [2.45, 2.75) is 6.54 Å². The molecule has 1 heterocycles. The molecule has 0 unspecified atom stereocenters. The molecule has 72 valence electrons. The third-order valence-electron chi connectivity index (χ3n) is 1.99. The molecule has 0 aliphatic rings. The topological polar surface area (TPSA) is 54.7 Å². The van der Waals surface area contributed by atoms with Gasteiger partial charge in [-0.25, -0.2) is 4.98 Å². The van der Waals surface area contributed by atoms with Crippen LogP contribution in [0.4, 0.5) is 0 Å². The number of aromatic amines is 1. The van der Waals surface area contributed by atoms with E-state index in [0.717, 1.165) is 17.1 Å². The fourth-order valence-electron chi connectivity index (χ4n) is 1.28. The highest BCUT2D eigenvalue weighted by molar-refractivity contribution is 6.33. The molecular weight excluding hydrogens is 198 g/mol. The zero-order valence-electron chi connectivity index (χ0n) is 7.50. The second kappa shape index (κ2) is 3.82. The predicted octanol–water partition coefficient (Wildman–Crippen LogP) is 2.19. The summed E-state index contributed by atoms with van der Waals surface area (Å²) in [4.78, 5) is 7.21. The molecule has 0 saturated carbocycles. The van der Waals surface area contributed by atoms with Gasteiger partial charge in [0.15, 0.2) is 0 Å². The number of benzene rings is 1. The van der Waals surface area contributed by atoms with Crippen LogP contribution in [0.25, 0.3) is 11.3 Å². The Kier molecular flexibility index (Phi) is 2.52. The fourth-order valence-corrected chi connectivity index (χ4v) is 1.52. The molecule has 0 aliphatic carbocycles. The van der Waals surface area contributed by atoms with Crippen molar-refractivity contribution in [2.24, 2.45) is 5.73 Å². The van der Waals surface area contributed by atoms with Gasteiger partial charge in [-0.3, -0.25) is 0 Å². The van der Waals surface area contributed by atoms with E-state index in [-0.39, 0.29) is 0 Å². The van der Waals surface area contributed by atoms with Crippen molar-refractivity contribution >= 4 is 11.6 Å². The Hall–Kier alpha value is -1.32. The number of hydrogen-bond acceptors (Lipinski definition) is 2. The molecule has 0 radical (unpaired) electrons. The molecule has 1 aromatic carbocycles. The summed E-state index contributed by atoms with van der Waals surface area (Å²) < 4.78 is 0. The third kappa shape index (κ3) is 1.64. The van der Waals surface area contributed by atoms with Gasteiger partial charge in [-0.05, 0) is 6.07 Å². The Labute approximate surface area is 86.9 Å². The molecule has 2 rings (SSSR count). The number of halogens is 1. The number of rotatable bonds is 2. The van der Waals surface area contributed by atoms with E-state index in [0.29, 0.717) is 11.6 Å². The second-order valence-electron chi connectivity index (χ2n) is 2.93. The average molecular weight is 208 g/mol. The Balaban J connectivity index is 2.44. The summed E-state index contributed by atoms with van der Waals surface area (Å²) >= 11 is 6.03. The van der Waals surface area contributed by atoms with E-state index in [4.69, 9.17) is 17.3 Å². The maximum absolute atomic E-state index is 6.03. The van der Waals surface area contributed by atoms with Crippen LogP contribution in [0.2, 0.25) is 5.02 Å². The summed E-state index contributed by atoms with van der Waals surface area (Å²) in [6.07, 6.45) is 1.74. The lowest BCUT2D eigenvalue weighted by Crippen LogP contribution is -1.97. The van der Waals surface area contributed by atoms with Gasteiger partial charge in [0.1, 0.15) is 5.82 Å². The molecule has 3 nitrogen and oxygen atoms in total. The second-order valence-corrected chi connectivity index (χ2v) is 3.33. The van der Waals surface area contributed by atoms with Crippen molar-refractivity contribution in [1.82, 2.24) is 9.97 Å². The van der Waals surface area contributed by atoms with E-state index in [1.165, 1.54) is 0 Å². The number of nitrogens with two attached hydrogens (primary N) is 1. The van der Waals surface area contributed by atoms with Crippen molar-refractivity contribution in [1.29, 1.82) is 0 Å². The first kappa shape index (κ1) is 9.24.